The number of rotatable bonds is 4. The fraction of sp³-hybridized carbons (Fsp3) is 1.00. The van der Waals surface area contributed by atoms with Crippen LogP contribution in [0.3, 0.4) is 0 Å². The highest BCUT2D eigenvalue weighted by Gasteiger charge is 2.12. The fourth-order valence-corrected chi connectivity index (χ4v) is 1.84. The fourth-order valence-electron chi connectivity index (χ4n) is 1.48. The standard InChI is InChI=1S/C8H18N2O2S/c1-9-4-6-10(7-5-9)3-2-8-13(11)12/h2-8H2,1H3,(H,11,12)/p-1. The summed E-state index contributed by atoms with van der Waals surface area (Å²) in [6, 6.07) is 0. The largest absolute Gasteiger partial charge is 0.772 e. The zero-order valence-corrected chi connectivity index (χ0v) is 8.89. The van der Waals surface area contributed by atoms with Crippen molar-refractivity contribution in [2.45, 2.75) is 6.42 Å². The van der Waals surface area contributed by atoms with Gasteiger partial charge in [-0.25, -0.2) is 0 Å². The van der Waals surface area contributed by atoms with Crippen LogP contribution in [0.1, 0.15) is 6.42 Å². The van der Waals surface area contributed by atoms with E-state index in [9.17, 15) is 8.76 Å². The molecule has 1 aliphatic rings. The highest BCUT2D eigenvalue weighted by Crippen LogP contribution is 2.00. The summed E-state index contributed by atoms with van der Waals surface area (Å²) in [5, 5.41) is 0. The first-order valence-corrected chi connectivity index (χ1v) is 5.89. The van der Waals surface area contributed by atoms with Gasteiger partial charge in [0.15, 0.2) is 0 Å². The van der Waals surface area contributed by atoms with Crippen molar-refractivity contribution >= 4 is 11.1 Å². The molecule has 1 atom stereocenters. The van der Waals surface area contributed by atoms with Gasteiger partial charge in [0.1, 0.15) is 0 Å². The molecule has 0 aromatic rings. The molecule has 0 amide bonds. The quantitative estimate of drug-likeness (QED) is 0.581. The van der Waals surface area contributed by atoms with Crippen molar-refractivity contribution in [3.8, 4) is 0 Å². The summed E-state index contributed by atoms with van der Waals surface area (Å²) in [4.78, 5) is 4.62. The molecule has 1 rings (SSSR count). The van der Waals surface area contributed by atoms with Gasteiger partial charge in [0.05, 0.1) is 0 Å². The Bertz CT molecular complexity index is 170. The normalized spacial score (nSPS) is 23.2. The van der Waals surface area contributed by atoms with E-state index in [1.807, 2.05) is 0 Å². The van der Waals surface area contributed by atoms with Crippen LogP contribution in [0, 0.1) is 0 Å². The molecule has 1 saturated heterocycles. The zero-order valence-electron chi connectivity index (χ0n) is 8.07. The van der Waals surface area contributed by atoms with Crippen LogP contribution in [-0.4, -0.2) is 64.1 Å². The molecule has 4 nitrogen and oxygen atoms in total. The summed E-state index contributed by atoms with van der Waals surface area (Å²) in [5.74, 6) is 0.298. The summed E-state index contributed by atoms with van der Waals surface area (Å²) in [6.07, 6.45) is 0.764. The molecule has 1 fully saturated rings. The van der Waals surface area contributed by atoms with E-state index in [1.54, 1.807) is 0 Å². The molecule has 13 heavy (non-hydrogen) atoms. The van der Waals surface area contributed by atoms with E-state index in [0.29, 0.717) is 5.75 Å². The lowest BCUT2D eigenvalue weighted by atomic mass is 10.3. The van der Waals surface area contributed by atoms with Crippen LogP contribution in [0.25, 0.3) is 0 Å². The minimum atomic E-state index is -1.86. The number of nitrogens with zero attached hydrogens (tertiary/aromatic N) is 2. The number of piperazine rings is 1. The lowest BCUT2D eigenvalue weighted by Crippen LogP contribution is -2.44. The molecule has 0 N–H and O–H groups in total. The van der Waals surface area contributed by atoms with Gasteiger partial charge in [0.25, 0.3) is 0 Å². The predicted octanol–water partition coefficient (Wildman–Crippen LogP) is -0.497. The van der Waals surface area contributed by atoms with Crippen LogP contribution in [-0.2, 0) is 11.1 Å². The van der Waals surface area contributed by atoms with Crippen molar-refractivity contribution in [2.75, 3.05) is 45.5 Å². The zero-order chi connectivity index (χ0) is 9.68. The second-order valence-corrected chi connectivity index (χ2v) is 4.52. The Morgan fingerprint density at radius 2 is 1.92 bits per heavy atom. The Kier molecular flexibility index (Phi) is 4.87. The molecule has 0 spiro atoms. The van der Waals surface area contributed by atoms with E-state index in [-0.39, 0.29) is 0 Å². The van der Waals surface area contributed by atoms with Crippen molar-refractivity contribution in [1.82, 2.24) is 9.80 Å². The topological polar surface area (TPSA) is 46.6 Å². The Morgan fingerprint density at radius 3 is 2.46 bits per heavy atom. The summed E-state index contributed by atoms with van der Waals surface area (Å²) in [6.45, 7) is 5.26. The maximum atomic E-state index is 10.3. The Labute approximate surface area is 82.2 Å². The van der Waals surface area contributed by atoms with Gasteiger partial charge in [-0.3, -0.25) is 4.21 Å². The van der Waals surface area contributed by atoms with Crippen molar-refractivity contribution in [2.24, 2.45) is 0 Å². The Morgan fingerprint density at radius 1 is 1.31 bits per heavy atom. The van der Waals surface area contributed by atoms with Crippen molar-refractivity contribution in [3.63, 3.8) is 0 Å². The van der Waals surface area contributed by atoms with Crippen molar-refractivity contribution in [1.29, 1.82) is 0 Å². The minimum absolute atomic E-state index is 0.298. The molecule has 0 aromatic heterocycles. The average Bonchev–Trinajstić information content (AvgIpc) is 2.08. The lowest BCUT2D eigenvalue weighted by Gasteiger charge is -2.32. The van der Waals surface area contributed by atoms with Crippen LogP contribution >= 0.6 is 0 Å². The van der Waals surface area contributed by atoms with Gasteiger partial charge in [0.2, 0.25) is 0 Å². The summed E-state index contributed by atoms with van der Waals surface area (Å²) in [7, 11) is 2.12. The summed E-state index contributed by atoms with van der Waals surface area (Å²) >= 11 is -1.86. The van der Waals surface area contributed by atoms with Gasteiger partial charge in [-0.2, -0.15) is 0 Å². The first-order chi connectivity index (χ1) is 6.18. The van der Waals surface area contributed by atoms with E-state index in [0.717, 1.165) is 39.1 Å². The average molecular weight is 205 g/mol. The molecule has 0 bridgehead atoms. The molecule has 1 aliphatic heterocycles. The Hall–Kier alpha value is 0.0300. The molecule has 1 unspecified atom stereocenters. The molecule has 5 heteroatoms. The lowest BCUT2D eigenvalue weighted by molar-refractivity contribution is 0.154. The van der Waals surface area contributed by atoms with Crippen molar-refractivity contribution in [3.05, 3.63) is 0 Å². The van der Waals surface area contributed by atoms with Gasteiger partial charge >= 0.3 is 0 Å². The van der Waals surface area contributed by atoms with Crippen LogP contribution in [0.2, 0.25) is 0 Å². The molecular formula is C8H17N2O2S-. The number of likely N-dealkylation sites (N-methyl/N-ethyl adjacent to an activating group) is 1. The highest BCUT2D eigenvalue weighted by molar-refractivity contribution is 7.79. The molecule has 0 aromatic carbocycles. The Balaban J connectivity index is 2.05. The number of hydrogen-bond donors (Lipinski definition) is 0. The van der Waals surface area contributed by atoms with Gasteiger partial charge in [-0.05, 0) is 20.0 Å². The van der Waals surface area contributed by atoms with E-state index in [1.165, 1.54) is 0 Å². The molecule has 0 radical (unpaired) electrons. The minimum Gasteiger partial charge on any atom is -0.772 e. The van der Waals surface area contributed by atoms with Crippen LogP contribution < -0.4 is 0 Å². The highest BCUT2D eigenvalue weighted by atomic mass is 32.2. The second kappa shape index (κ2) is 5.70. The summed E-state index contributed by atoms with van der Waals surface area (Å²) < 4.78 is 20.5. The first kappa shape index (κ1) is 11.1. The maximum absolute atomic E-state index is 10.3. The van der Waals surface area contributed by atoms with Gasteiger partial charge in [0, 0.05) is 31.9 Å². The molecular weight excluding hydrogens is 188 g/mol. The van der Waals surface area contributed by atoms with Gasteiger partial charge < -0.3 is 14.4 Å². The van der Waals surface area contributed by atoms with Crippen LogP contribution in [0.4, 0.5) is 0 Å². The van der Waals surface area contributed by atoms with E-state index in [4.69, 9.17) is 0 Å². The molecule has 1 heterocycles. The van der Waals surface area contributed by atoms with Crippen LogP contribution in [0.5, 0.6) is 0 Å². The van der Waals surface area contributed by atoms with Gasteiger partial charge in [-0.15, -0.1) is 0 Å². The molecule has 78 valence electrons. The van der Waals surface area contributed by atoms with Gasteiger partial charge in [-0.1, -0.05) is 11.1 Å². The van der Waals surface area contributed by atoms with Crippen molar-refractivity contribution < 1.29 is 8.76 Å². The molecule has 0 saturated carbocycles. The van der Waals surface area contributed by atoms with Crippen LogP contribution in [0.15, 0.2) is 0 Å². The monoisotopic (exact) mass is 205 g/mol. The number of hydrogen-bond acceptors (Lipinski definition) is 4. The SMILES string of the molecule is CN1CCN(CCCS(=O)[O-])CC1. The predicted molar refractivity (Wildman–Crippen MR) is 52.3 cm³/mol. The first-order valence-electron chi connectivity index (χ1n) is 4.65. The maximum Gasteiger partial charge on any atom is 0.0114 e. The summed E-state index contributed by atoms with van der Waals surface area (Å²) in [5.41, 5.74) is 0. The molecule has 0 aliphatic carbocycles. The second-order valence-electron chi connectivity index (χ2n) is 3.51. The third-order valence-corrected chi connectivity index (χ3v) is 3.00. The third kappa shape index (κ3) is 4.71. The smallest absolute Gasteiger partial charge is 0.0114 e. The van der Waals surface area contributed by atoms with E-state index >= 15 is 0 Å². The third-order valence-electron chi connectivity index (χ3n) is 2.38. The van der Waals surface area contributed by atoms with E-state index < -0.39 is 11.1 Å². The van der Waals surface area contributed by atoms with E-state index in [2.05, 4.69) is 16.8 Å².